The van der Waals surface area contributed by atoms with Gasteiger partial charge in [-0.2, -0.15) is 8.78 Å². The van der Waals surface area contributed by atoms with Crippen molar-refractivity contribution in [3.63, 3.8) is 0 Å². The molecule has 0 unspecified atom stereocenters. The Morgan fingerprint density at radius 2 is 2.18 bits per heavy atom. The molecule has 1 heterocycles. The molecular formula is C7H10F2O2. The maximum absolute atomic E-state index is 12.7. The van der Waals surface area contributed by atoms with Crippen molar-refractivity contribution in [2.45, 2.75) is 32.3 Å². The van der Waals surface area contributed by atoms with E-state index in [0.29, 0.717) is 6.42 Å². The third-order valence-corrected chi connectivity index (χ3v) is 2.06. The maximum atomic E-state index is 12.7. The van der Waals surface area contributed by atoms with E-state index in [1.165, 1.54) is 6.92 Å². The molecule has 0 N–H and O–H groups in total. The fraction of sp³-hybridized carbons (Fsp3) is 0.857. The molecule has 4 heteroatoms. The zero-order valence-electron chi connectivity index (χ0n) is 6.43. The smallest absolute Gasteiger partial charge is 0.377 e. The van der Waals surface area contributed by atoms with Crippen LogP contribution in [0.5, 0.6) is 0 Å². The van der Waals surface area contributed by atoms with E-state index in [2.05, 4.69) is 4.74 Å². The normalized spacial score (nSPS) is 35.5. The van der Waals surface area contributed by atoms with E-state index in [1.807, 2.05) is 0 Å². The minimum atomic E-state index is -3.28. The maximum Gasteiger partial charge on any atom is 0.377 e. The molecule has 1 saturated heterocycles. The van der Waals surface area contributed by atoms with E-state index in [0.717, 1.165) is 0 Å². The summed E-state index contributed by atoms with van der Waals surface area (Å²) in [5, 5.41) is 0. The number of hydrogen-bond donors (Lipinski definition) is 0. The summed E-state index contributed by atoms with van der Waals surface area (Å²) in [6, 6.07) is 0. The summed E-state index contributed by atoms with van der Waals surface area (Å²) >= 11 is 0. The van der Waals surface area contributed by atoms with E-state index in [-0.39, 0.29) is 0 Å². The first-order valence-corrected chi connectivity index (χ1v) is 3.59. The molecule has 0 aromatic rings. The van der Waals surface area contributed by atoms with E-state index in [1.54, 1.807) is 6.92 Å². The quantitative estimate of drug-likeness (QED) is 0.550. The van der Waals surface area contributed by atoms with Gasteiger partial charge in [-0.3, -0.25) is 0 Å². The molecule has 1 aliphatic rings. The van der Waals surface area contributed by atoms with Crippen LogP contribution in [0.3, 0.4) is 0 Å². The molecule has 0 amide bonds. The van der Waals surface area contributed by atoms with Gasteiger partial charge >= 0.3 is 11.9 Å². The van der Waals surface area contributed by atoms with Crippen molar-refractivity contribution < 1.29 is 18.3 Å². The monoisotopic (exact) mass is 164 g/mol. The van der Waals surface area contributed by atoms with Gasteiger partial charge in [0, 0.05) is 0 Å². The van der Waals surface area contributed by atoms with Crippen molar-refractivity contribution in [3.8, 4) is 0 Å². The molecule has 0 aromatic carbocycles. The van der Waals surface area contributed by atoms with Gasteiger partial charge in [0.15, 0.2) is 0 Å². The largest absolute Gasteiger partial charge is 0.457 e. The number of alkyl halides is 2. The minimum Gasteiger partial charge on any atom is -0.457 e. The van der Waals surface area contributed by atoms with Crippen LogP contribution in [-0.4, -0.2) is 18.0 Å². The van der Waals surface area contributed by atoms with Crippen molar-refractivity contribution in [2.75, 3.05) is 0 Å². The Kier molecular flexibility index (Phi) is 1.86. The van der Waals surface area contributed by atoms with Crippen molar-refractivity contribution in [1.82, 2.24) is 0 Å². The highest BCUT2D eigenvalue weighted by Crippen LogP contribution is 2.37. The van der Waals surface area contributed by atoms with Gasteiger partial charge < -0.3 is 4.74 Å². The van der Waals surface area contributed by atoms with Crippen molar-refractivity contribution in [2.24, 2.45) is 5.92 Å². The van der Waals surface area contributed by atoms with Crippen LogP contribution < -0.4 is 0 Å². The third kappa shape index (κ3) is 1.10. The number of halogens is 2. The predicted molar refractivity (Wildman–Crippen MR) is 34.3 cm³/mol. The predicted octanol–water partition coefficient (Wildman–Crippen LogP) is 1.59. The molecule has 0 aromatic heterocycles. The van der Waals surface area contributed by atoms with E-state index in [4.69, 9.17) is 0 Å². The van der Waals surface area contributed by atoms with Crippen molar-refractivity contribution in [1.29, 1.82) is 0 Å². The minimum absolute atomic E-state index is 0.447. The Balaban J connectivity index is 2.80. The van der Waals surface area contributed by atoms with Crippen LogP contribution in [0.2, 0.25) is 0 Å². The van der Waals surface area contributed by atoms with E-state index < -0.39 is 23.9 Å². The van der Waals surface area contributed by atoms with Crippen LogP contribution in [0.15, 0.2) is 0 Å². The van der Waals surface area contributed by atoms with Gasteiger partial charge in [0.05, 0.1) is 5.92 Å². The van der Waals surface area contributed by atoms with E-state index >= 15 is 0 Å². The molecule has 0 bridgehead atoms. The molecule has 2 atom stereocenters. The van der Waals surface area contributed by atoms with Gasteiger partial charge in [0.25, 0.3) is 0 Å². The number of carbonyl (C=O) groups is 1. The second kappa shape index (κ2) is 2.43. The Morgan fingerprint density at radius 1 is 1.64 bits per heavy atom. The van der Waals surface area contributed by atoms with Crippen molar-refractivity contribution in [3.05, 3.63) is 0 Å². The second-order valence-electron chi connectivity index (χ2n) is 2.76. The number of esters is 1. The van der Waals surface area contributed by atoms with Crippen molar-refractivity contribution >= 4 is 5.97 Å². The summed E-state index contributed by atoms with van der Waals surface area (Å²) < 4.78 is 29.8. The molecule has 1 rings (SSSR count). The summed E-state index contributed by atoms with van der Waals surface area (Å²) in [4.78, 5) is 10.5. The van der Waals surface area contributed by atoms with Gasteiger partial charge in [-0.15, -0.1) is 0 Å². The zero-order chi connectivity index (χ0) is 8.65. The lowest BCUT2D eigenvalue weighted by Crippen LogP contribution is -2.30. The summed E-state index contributed by atoms with van der Waals surface area (Å²) in [7, 11) is 0. The summed E-state index contributed by atoms with van der Waals surface area (Å²) in [6.45, 7) is 3.05. The van der Waals surface area contributed by atoms with Crippen LogP contribution in [0.4, 0.5) is 8.78 Å². The Bertz CT molecular complexity index is 179. The molecule has 11 heavy (non-hydrogen) atoms. The van der Waals surface area contributed by atoms with Gasteiger partial charge in [-0.25, -0.2) is 4.79 Å². The first kappa shape index (κ1) is 8.43. The second-order valence-corrected chi connectivity index (χ2v) is 2.76. The van der Waals surface area contributed by atoms with Crippen LogP contribution in [-0.2, 0) is 9.53 Å². The fourth-order valence-corrected chi connectivity index (χ4v) is 1.17. The lowest BCUT2D eigenvalue weighted by Gasteiger charge is -2.12. The molecule has 2 nitrogen and oxygen atoms in total. The molecule has 0 radical (unpaired) electrons. The highest BCUT2D eigenvalue weighted by molar-refractivity contribution is 5.80. The topological polar surface area (TPSA) is 26.3 Å². The molecule has 0 spiro atoms. The number of ether oxygens (including phenoxy) is 1. The molecule has 1 aliphatic heterocycles. The Hall–Kier alpha value is -0.670. The molecule has 0 aliphatic carbocycles. The first-order valence-electron chi connectivity index (χ1n) is 3.59. The highest BCUT2D eigenvalue weighted by atomic mass is 19.3. The summed E-state index contributed by atoms with van der Waals surface area (Å²) in [5.41, 5.74) is 0. The number of hydrogen-bond acceptors (Lipinski definition) is 2. The Labute approximate surface area is 63.5 Å². The first-order chi connectivity index (χ1) is 5.00. The average Bonchev–Trinajstić information content (AvgIpc) is 2.14. The summed E-state index contributed by atoms with van der Waals surface area (Å²) in [6.07, 6.45) is -0.167. The molecular weight excluding hydrogens is 154 g/mol. The van der Waals surface area contributed by atoms with Gasteiger partial charge in [-0.1, -0.05) is 13.8 Å². The third-order valence-electron chi connectivity index (χ3n) is 2.06. The van der Waals surface area contributed by atoms with E-state index in [9.17, 15) is 13.6 Å². The lowest BCUT2D eigenvalue weighted by molar-refractivity contribution is -0.160. The standard InChI is InChI=1S/C7H10F2O2/c1-3-5-4(2)7(8,9)6(10)11-5/h4-5H,3H2,1-2H3/t4-,5+/m0/s1. The van der Waals surface area contributed by atoms with Crippen LogP contribution in [0.1, 0.15) is 20.3 Å². The molecule has 1 fully saturated rings. The SMILES string of the molecule is CC[C@H]1OC(=O)C(F)(F)[C@H]1C. The average molecular weight is 164 g/mol. The highest BCUT2D eigenvalue weighted by Gasteiger charge is 2.56. The van der Waals surface area contributed by atoms with Crippen LogP contribution in [0.25, 0.3) is 0 Å². The van der Waals surface area contributed by atoms with Gasteiger partial charge in [-0.05, 0) is 6.42 Å². The van der Waals surface area contributed by atoms with Gasteiger partial charge in [0.1, 0.15) is 6.10 Å². The van der Waals surface area contributed by atoms with Crippen LogP contribution in [0, 0.1) is 5.92 Å². The fourth-order valence-electron chi connectivity index (χ4n) is 1.17. The zero-order valence-corrected chi connectivity index (χ0v) is 6.43. The molecule has 0 saturated carbocycles. The Morgan fingerprint density at radius 3 is 2.36 bits per heavy atom. The number of cyclic esters (lactones) is 1. The number of carbonyl (C=O) groups excluding carboxylic acids is 1. The van der Waals surface area contributed by atoms with Gasteiger partial charge in [0.2, 0.25) is 0 Å². The van der Waals surface area contributed by atoms with Crippen LogP contribution >= 0.6 is 0 Å². The number of rotatable bonds is 1. The lowest BCUT2D eigenvalue weighted by atomic mass is 9.99. The molecule has 64 valence electrons. The summed E-state index contributed by atoms with van der Waals surface area (Å²) in [5.74, 6) is -5.64.